The average molecular weight is 134 g/mol. The largest absolute Gasteiger partial charge is 0.341 e. The van der Waals surface area contributed by atoms with Gasteiger partial charge in [0.15, 0.2) is 6.33 Å². The molecule has 0 saturated carbocycles. The fourth-order valence-corrected chi connectivity index (χ4v) is 0.672. The summed E-state index contributed by atoms with van der Waals surface area (Å²) < 4.78 is 0. The van der Waals surface area contributed by atoms with E-state index < -0.39 is 0 Å². The first-order valence-electron chi connectivity index (χ1n) is 2.74. The van der Waals surface area contributed by atoms with Crippen LogP contribution in [0.2, 0.25) is 0 Å². The Kier molecular flexibility index (Phi) is 1.00. The molecule has 0 bridgehead atoms. The normalized spacial score (nSPS) is 10.0. The summed E-state index contributed by atoms with van der Waals surface area (Å²) in [6.45, 7) is 0. The van der Waals surface area contributed by atoms with Gasteiger partial charge in [0.25, 0.3) is 0 Å². The molecule has 2 N–H and O–H groups in total. The highest BCUT2D eigenvalue weighted by Gasteiger charge is 2.00. The SMILES string of the molecule is [c]1nc(-c2nc[nH]n2)c[nH]1. The Balaban J connectivity index is 2.48. The van der Waals surface area contributed by atoms with Gasteiger partial charge in [-0.2, -0.15) is 5.10 Å². The van der Waals surface area contributed by atoms with Crippen LogP contribution in [-0.4, -0.2) is 25.1 Å². The highest BCUT2D eigenvalue weighted by atomic mass is 15.2. The molecule has 0 fully saturated rings. The summed E-state index contributed by atoms with van der Waals surface area (Å²) in [4.78, 5) is 10.4. The van der Waals surface area contributed by atoms with E-state index in [0.717, 1.165) is 0 Å². The molecule has 10 heavy (non-hydrogen) atoms. The number of hydrogen-bond acceptors (Lipinski definition) is 3. The van der Waals surface area contributed by atoms with Crippen molar-refractivity contribution in [3.63, 3.8) is 0 Å². The van der Waals surface area contributed by atoms with E-state index in [-0.39, 0.29) is 0 Å². The molecule has 0 saturated heterocycles. The zero-order valence-electron chi connectivity index (χ0n) is 5.00. The molecule has 0 atom stereocenters. The molecule has 0 aliphatic rings. The number of H-pyrrole nitrogens is 2. The second kappa shape index (κ2) is 1.94. The number of aromatic amines is 2. The highest BCUT2D eigenvalue weighted by Crippen LogP contribution is 2.05. The molecule has 0 spiro atoms. The summed E-state index contributed by atoms with van der Waals surface area (Å²) in [5.41, 5.74) is 0.696. The van der Waals surface area contributed by atoms with E-state index >= 15 is 0 Å². The quantitative estimate of drug-likeness (QED) is 0.576. The lowest BCUT2D eigenvalue weighted by Crippen LogP contribution is -1.78. The molecule has 0 aliphatic heterocycles. The van der Waals surface area contributed by atoms with Gasteiger partial charge in [-0.25, -0.2) is 9.97 Å². The van der Waals surface area contributed by atoms with Gasteiger partial charge in [0.2, 0.25) is 5.82 Å². The molecule has 2 heterocycles. The van der Waals surface area contributed by atoms with Crippen LogP contribution in [0.1, 0.15) is 0 Å². The summed E-state index contributed by atoms with van der Waals surface area (Å²) in [6, 6.07) is 0. The molecule has 0 amide bonds. The monoisotopic (exact) mass is 134 g/mol. The van der Waals surface area contributed by atoms with Crippen molar-refractivity contribution in [1.29, 1.82) is 0 Å². The molecule has 2 rings (SSSR count). The number of rotatable bonds is 1. The van der Waals surface area contributed by atoms with E-state index in [0.29, 0.717) is 11.5 Å². The van der Waals surface area contributed by atoms with Crippen molar-refractivity contribution in [2.24, 2.45) is 0 Å². The van der Waals surface area contributed by atoms with Crippen LogP contribution >= 0.6 is 0 Å². The minimum absolute atomic E-state index is 0.581. The van der Waals surface area contributed by atoms with Gasteiger partial charge in [0.05, 0.1) is 0 Å². The van der Waals surface area contributed by atoms with Crippen molar-refractivity contribution in [2.45, 2.75) is 0 Å². The van der Waals surface area contributed by atoms with Crippen molar-refractivity contribution in [2.75, 3.05) is 0 Å². The van der Waals surface area contributed by atoms with Gasteiger partial charge in [0.1, 0.15) is 12.0 Å². The molecule has 0 aromatic carbocycles. The van der Waals surface area contributed by atoms with Crippen molar-refractivity contribution in [1.82, 2.24) is 25.1 Å². The molecular weight excluding hydrogens is 130 g/mol. The summed E-state index contributed by atoms with van der Waals surface area (Å²) in [5, 5.41) is 6.41. The smallest absolute Gasteiger partial charge is 0.201 e. The van der Waals surface area contributed by atoms with E-state index in [1.807, 2.05) is 0 Å². The number of nitrogens with zero attached hydrogens (tertiary/aromatic N) is 3. The lowest BCUT2D eigenvalue weighted by Gasteiger charge is -1.80. The van der Waals surface area contributed by atoms with E-state index in [1.165, 1.54) is 6.33 Å². The minimum Gasteiger partial charge on any atom is -0.341 e. The lowest BCUT2D eigenvalue weighted by atomic mass is 10.5. The molecule has 5 heteroatoms. The Hall–Kier alpha value is -1.65. The Morgan fingerprint density at radius 3 is 3.10 bits per heavy atom. The Bertz CT molecular complexity index is 249. The van der Waals surface area contributed by atoms with Gasteiger partial charge < -0.3 is 4.98 Å². The fraction of sp³-hybridized carbons (Fsp3) is 0. The van der Waals surface area contributed by atoms with Crippen LogP contribution in [0, 0.1) is 6.33 Å². The summed E-state index contributed by atoms with van der Waals surface area (Å²) >= 11 is 0. The van der Waals surface area contributed by atoms with Gasteiger partial charge in [-0.15, -0.1) is 0 Å². The third-order valence-electron chi connectivity index (χ3n) is 1.09. The topological polar surface area (TPSA) is 70.2 Å². The molecule has 2 aromatic heterocycles. The summed E-state index contributed by atoms with van der Waals surface area (Å²) in [7, 11) is 0. The first-order chi connectivity index (χ1) is 4.97. The minimum atomic E-state index is 0.581. The van der Waals surface area contributed by atoms with Crippen molar-refractivity contribution in [3.8, 4) is 11.5 Å². The highest BCUT2D eigenvalue weighted by molar-refractivity contribution is 5.45. The van der Waals surface area contributed by atoms with Crippen LogP contribution in [0.4, 0.5) is 0 Å². The number of aromatic nitrogens is 5. The van der Waals surface area contributed by atoms with Crippen LogP contribution in [0.5, 0.6) is 0 Å². The third-order valence-corrected chi connectivity index (χ3v) is 1.09. The van der Waals surface area contributed by atoms with Gasteiger partial charge >= 0.3 is 0 Å². The lowest BCUT2D eigenvalue weighted by molar-refractivity contribution is 1.09. The predicted octanol–water partition coefficient (Wildman–Crippen LogP) is -0.00501. The second-order valence-electron chi connectivity index (χ2n) is 1.72. The number of nitrogens with one attached hydrogen (secondary N) is 2. The molecule has 5 nitrogen and oxygen atoms in total. The first-order valence-corrected chi connectivity index (χ1v) is 2.74. The third kappa shape index (κ3) is 0.680. The summed E-state index contributed by atoms with van der Waals surface area (Å²) in [6.07, 6.45) is 5.74. The van der Waals surface area contributed by atoms with Gasteiger partial charge in [-0.3, -0.25) is 5.10 Å². The Labute approximate surface area is 56.5 Å². The molecule has 1 radical (unpaired) electrons. The fourth-order valence-electron chi connectivity index (χ4n) is 0.672. The molecule has 0 unspecified atom stereocenters. The van der Waals surface area contributed by atoms with Gasteiger partial charge in [0, 0.05) is 6.20 Å². The summed E-state index contributed by atoms with van der Waals surface area (Å²) in [5.74, 6) is 0.581. The van der Waals surface area contributed by atoms with Crippen LogP contribution in [0.3, 0.4) is 0 Å². The van der Waals surface area contributed by atoms with Crippen molar-refractivity contribution < 1.29 is 0 Å². The average Bonchev–Trinajstić information content (AvgIpc) is 2.59. The van der Waals surface area contributed by atoms with E-state index in [1.54, 1.807) is 6.20 Å². The Morgan fingerprint density at radius 2 is 2.50 bits per heavy atom. The molecule has 0 aliphatic carbocycles. The van der Waals surface area contributed by atoms with Gasteiger partial charge in [-0.1, -0.05) is 0 Å². The zero-order chi connectivity index (χ0) is 6.81. The maximum atomic E-state index is 3.89. The van der Waals surface area contributed by atoms with Gasteiger partial charge in [-0.05, 0) is 0 Å². The first kappa shape index (κ1) is 5.16. The van der Waals surface area contributed by atoms with Crippen LogP contribution in [0.25, 0.3) is 11.5 Å². The Morgan fingerprint density at radius 1 is 1.50 bits per heavy atom. The van der Waals surface area contributed by atoms with Crippen LogP contribution < -0.4 is 0 Å². The van der Waals surface area contributed by atoms with E-state index in [9.17, 15) is 0 Å². The molecule has 49 valence electrons. The standard InChI is InChI=1S/C5H4N5/c1-4(7-2-6-1)5-8-3-9-10-5/h1,3H,(H,6,7)(H,8,9,10). The van der Waals surface area contributed by atoms with Crippen molar-refractivity contribution >= 4 is 0 Å². The maximum absolute atomic E-state index is 3.89. The van der Waals surface area contributed by atoms with Crippen LogP contribution in [0.15, 0.2) is 12.5 Å². The van der Waals surface area contributed by atoms with E-state index in [2.05, 4.69) is 31.5 Å². The van der Waals surface area contributed by atoms with Crippen LogP contribution in [-0.2, 0) is 0 Å². The maximum Gasteiger partial charge on any atom is 0.201 e. The molecule has 2 aromatic rings. The zero-order valence-corrected chi connectivity index (χ0v) is 5.00. The number of hydrogen-bond donors (Lipinski definition) is 2. The second-order valence-corrected chi connectivity index (χ2v) is 1.72. The predicted molar refractivity (Wildman–Crippen MR) is 32.8 cm³/mol. The number of imidazole rings is 1. The van der Waals surface area contributed by atoms with E-state index in [4.69, 9.17) is 0 Å². The molecular formula is C5H4N5. The van der Waals surface area contributed by atoms with Crippen molar-refractivity contribution in [3.05, 3.63) is 18.9 Å².